The highest BCUT2D eigenvalue weighted by Crippen LogP contribution is 2.16. The Morgan fingerprint density at radius 1 is 1.30 bits per heavy atom. The summed E-state index contributed by atoms with van der Waals surface area (Å²) >= 11 is 0. The topological polar surface area (TPSA) is 59.2 Å². The van der Waals surface area contributed by atoms with Crippen molar-refractivity contribution in [3.8, 4) is 11.8 Å². The van der Waals surface area contributed by atoms with Crippen LogP contribution in [-0.4, -0.2) is 24.5 Å². The Balaban J connectivity index is 2.34. The molecule has 4 heteroatoms. The van der Waals surface area contributed by atoms with Gasteiger partial charge in [0.05, 0.1) is 17.7 Å². The molecule has 0 spiro atoms. The maximum atomic E-state index is 12.5. The number of carbonyl (C=O) groups excluding carboxylic acids is 1. The Kier molecular flexibility index (Phi) is 4.48. The molecule has 0 radical (unpaired) electrons. The fraction of sp³-hybridized carbons (Fsp3) is 0.125. The van der Waals surface area contributed by atoms with Gasteiger partial charge in [-0.1, -0.05) is 30.0 Å². The maximum absolute atomic E-state index is 12.5. The van der Waals surface area contributed by atoms with Gasteiger partial charge in [-0.05, 0) is 18.2 Å². The zero-order valence-electron chi connectivity index (χ0n) is 11.2. The molecule has 20 heavy (non-hydrogen) atoms. The second-order valence-corrected chi connectivity index (χ2v) is 4.13. The number of carbonyl (C=O) groups is 1. The lowest BCUT2D eigenvalue weighted by atomic mass is 10.1. The van der Waals surface area contributed by atoms with E-state index in [1.54, 1.807) is 30.4 Å². The molecular weight excluding hydrogens is 250 g/mol. The van der Waals surface area contributed by atoms with Gasteiger partial charge in [0, 0.05) is 25.1 Å². The zero-order chi connectivity index (χ0) is 14.4. The first-order chi connectivity index (χ1) is 9.74. The summed E-state index contributed by atoms with van der Waals surface area (Å²) in [5, 5.41) is 0. The number of anilines is 1. The van der Waals surface area contributed by atoms with Crippen LogP contribution in [-0.2, 0) is 0 Å². The number of pyridine rings is 1. The molecular formula is C16H15N3O. The fourth-order valence-corrected chi connectivity index (χ4v) is 1.78. The van der Waals surface area contributed by atoms with E-state index in [-0.39, 0.29) is 12.5 Å². The van der Waals surface area contributed by atoms with Crippen molar-refractivity contribution in [3.63, 3.8) is 0 Å². The summed E-state index contributed by atoms with van der Waals surface area (Å²) in [6.45, 7) is 0.247. The minimum absolute atomic E-state index is 0.125. The van der Waals surface area contributed by atoms with Gasteiger partial charge >= 0.3 is 0 Å². The Labute approximate surface area is 118 Å². The first kappa shape index (κ1) is 13.8. The van der Waals surface area contributed by atoms with Crippen LogP contribution in [0.1, 0.15) is 15.9 Å². The molecule has 1 aromatic carbocycles. The number of aromatic nitrogens is 1. The summed E-state index contributed by atoms with van der Waals surface area (Å²) in [6, 6.07) is 11.1. The van der Waals surface area contributed by atoms with E-state index < -0.39 is 0 Å². The summed E-state index contributed by atoms with van der Waals surface area (Å²) < 4.78 is 0. The van der Waals surface area contributed by atoms with Crippen molar-refractivity contribution < 1.29 is 4.79 Å². The van der Waals surface area contributed by atoms with Crippen molar-refractivity contribution in [1.29, 1.82) is 0 Å². The van der Waals surface area contributed by atoms with Crippen molar-refractivity contribution in [2.45, 2.75) is 0 Å². The number of para-hydroxylation sites is 1. The molecule has 2 rings (SSSR count). The van der Waals surface area contributed by atoms with Gasteiger partial charge in [0.25, 0.3) is 5.91 Å². The van der Waals surface area contributed by atoms with Gasteiger partial charge in [-0.2, -0.15) is 0 Å². The van der Waals surface area contributed by atoms with E-state index in [0.29, 0.717) is 11.1 Å². The molecule has 0 unspecified atom stereocenters. The molecule has 4 nitrogen and oxygen atoms in total. The second kappa shape index (κ2) is 6.50. The number of rotatable bonds is 2. The van der Waals surface area contributed by atoms with Crippen molar-refractivity contribution >= 4 is 11.6 Å². The lowest BCUT2D eigenvalue weighted by molar-refractivity contribution is 0.0992. The molecule has 2 N–H and O–H groups in total. The minimum Gasteiger partial charge on any atom is -0.320 e. The average molecular weight is 265 g/mol. The summed E-state index contributed by atoms with van der Waals surface area (Å²) in [7, 11) is 1.73. The van der Waals surface area contributed by atoms with Gasteiger partial charge in [0.15, 0.2) is 0 Å². The van der Waals surface area contributed by atoms with Crippen LogP contribution in [0.15, 0.2) is 48.8 Å². The van der Waals surface area contributed by atoms with Crippen LogP contribution in [0.2, 0.25) is 0 Å². The normalized spacial score (nSPS) is 9.50. The van der Waals surface area contributed by atoms with Gasteiger partial charge in [0.2, 0.25) is 0 Å². The van der Waals surface area contributed by atoms with E-state index in [1.165, 1.54) is 0 Å². The van der Waals surface area contributed by atoms with Gasteiger partial charge in [-0.3, -0.25) is 9.78 Å². The average Bonchev–Trinajstić information content (AvgIpc) is 2.52. The van der Waals surface area contributed by atoms with Crippen LogP contribution < -0.4 is 10.6 Å². The molecule has 0 atom stereocenters. The third-order valence-electron chi connectivity index (χ3n) is 2.82. The fourth-order valence-electron chi connectivity index (χ4n) is 1.78. The molecule has 0 bridgehead atoms. The molecule has 0 saturated heterocycles. The van der Waals surface area contributed by atoms with E-state index in [0.717, 1.165) is 5.69 Å². The zero-order valence-corrected chi connectivity index (χ0v) is 11.2. The van der Waals surface area contributed by atoms with Crippen molar-refractivity contribution in [3.05, 3.63) is 59.9 Å². The molecule has 1 heterocycles. The molecule has 0 aliphatic heterocycles. The third kappa shape index (κ3) is 3.02. The molecule has 0 aliphatic rings. The predicted octanol–water partition coefficient (Wildman–Crippen LogP) is 1.67. The molecule has 1 amide bonds. The van der Waals surface area contributed by atoms with Gasteiger partial charge in [-0.15, -0.1) is 0 Å². The standard InChI is InChI=1S/C16H15N3O/c1-19(14-7-3-2-4-8-14)16(20)15-9-11-18-12-13(15)6-5-10-17/h2-4,7-9,11-12H,10,17H2,1H3. The van der Waals surface area contributed by atoms with Crippen LogP contribution in [0.3, 0.4) is 0 Å². The highest BCUT2D eigenvalue weighted by atomic mass is 16.2. The summed E-state index contributed by atoms with van der Waals surface area (Å²) in [5.41, 5.74) is 7.30. The van der Waals surface area contributed by atoms with Crippen LogP contribution in [0, 0.1) is 11.8 Å². The maximum Gasteiger partial charge on any atom is 0.259 e. The summed E-state index contributed by atoms with van der Waals surface area (Å²) in [4.78, 5) is 18.1. The van der Waals surface area contributed by atoms with Gasteiger partial charge in [-0.25, -0.2) is 0 Å². The number of amides is 1. The van der Waals surface area contributed by atoms with E-state index in [4.69, 9.17) is 5.73 Å². The van der Waals surface area contributed by atoms with E-state index in [1.807, 2.05) is 30.3 Å². The SMILES string of the molecule is CN(C(=O)c1ccncc1C#CCN)c1ccccc1. The number of hydrogen-bond acceptors (Lipinski definition) is 3. The Morgan fingerprint density at radius 2 is 2.05 bits per heavy atom. The number of nitrogens with zero attached hydrogens (tertiary/aromatic N) is 2. The third-order valence-corrected chi connectivity index (χ3v) is 2.82. The van der Waals surface area contributed by atoms with Crippen LogP contribution >= 0.6 is 0 Å². The Hall–Kier alpha value is -2.64. The number of benzene rings is 1. The minimum atomic E-state index is -0.125. The molecule has 0 fully saturated rings. The Morgan fingerprint density at radius 3 is 2.75 bits per heavy atom. The molecule has 2 aromatic rings. The van der Waals surface area contributed by atoms with Crippen molar-refractivity contribution in [2.75, 3.05) is 18.5 Å². The lowest BCUT2D eigenvalue weighted by Gasteiger charge is -2.17. The van der Waals surface area contributed by atoms with Crippen LogP contribution in [0.4, 0.5) is 5.69 Å². The predicted molar refractivity (Wildman–Crippen MR) is 79.3 cm³/mol. The molecule has 0 aliphatic carbocycles. The van der Waals surface area contributed by atoms with Crippen molar-refractivity contribution in [1.82, 2.24) is 4.98 Å². The highest BCUT2D eigenvalue weighted by molar-refractivity contribution is 6.07. The van der Waals surface area contributed by atoms with E-state index in [9.17, 15) is 4.79 Å². The Bertz CT molecular complexity index is 656. The summed E-state index contributed by atoms with van der Waals surface area (Å²) in [6.07, 6.45) is 3.16. The van der Waals surface area contributed by atoms with Gasteiger partial charge < -0.3 is 10.6 Å². The second-order valence-electron chi connectivity index (χ2n) is 4.13. The van der Waals surface area contributed by atoms with Gasteiger partial charge in [0.1, 0.15) is 0 Å². The largest absolute Gasteiger partial charge is 0.320 e. The molecule has 0 saturated carbocycles. The van der Waals surface area contributed by atoms with E-state index in [2.05, 4.69) is 16.8 Å². The van der Waals surface area contributed by atoms with Crippen LogP contribution in [0.5, 0.6) is 0 Å². The highest BCUT2D eigenvalue weighted by Gasteiger charge is 2.16. The molecule has 1 aromatic heterocycles. The van der Waals surface area contributed by atoms with Crippen LogP contribution in [0.25, 0.3) is 0 Å². The molecule has 100 valence electrons. The number of nitrogens with two attached hydrogens (primary N) is 1. The quantitative estimate of drug-likeness (QED) is 0.840. The summed E-state index contributed by atoms with van der Waals surface area (Å²) in [5.74, 6) is 5.50. The smallest absolute Gasteiger partial charge is 0.259 e. The van der Waals surface area contributed by atoms with E-state index >= 15 is 0 Å². The first-order valence-corrected chi connectivity index (χ1v) is 6.20. The van der Waals surface area contributed by atoms with Crippen molar-refractivity contribution in [2.24, 2.45) is 5.73 Å². The first-order valence-electron chi connectivity index (χ1n) is 6.20. The number of hydrogen-bond donors (Lipinski definition) is 1. The lowest BCUT2D eigenvalue weighted by Crippen LogP contribution is -2.27. The monoisotopic (exact) mass is 265 g/mol.